The van der Waals surface area contributed by atoms with Gasteiger partial charge in [0.1, 0.15) is 5.52 Å². The lowest BCUT2D eigenvalue weighted by Gasteiger charge is -2.34. The average molecular weight is 364 g/mol. The fourth-order valence-electron chi connectivity index (χ4n) is 3.47. The van der Waals surface area contributed by atoms with E-state index in [0.717, 1.165) is 0 Å². The fraction of sp³-hybridized carbons (Fsp3) is 0.600. The molecule has 142 valence electrons. The highest BCUT2D eigenvalue weighted by molar-refractivity contribution is 5.83. The summed E-state index contributed by atoms with van der Waals surface area (Å²) in [5.41, 5.74) is 16.4. The molecule has 0 spiro atoms. The Morgan fingerprint density at radius 3 is 2.81 bits per heavy atom. The molecule has 3 heterocycles. The van der Waals surface area contributed by atoms with Crippen molar-refractivity contribution in [2.75, 3.05) is 31.1 Å². The molecule has 1 aliphatic rings. The van der Waals surface area contributed by atoms with E-state index in [2.05, 4.69) is 15.0 Å². The molecular formula is C15H24N8O3. The standard InChI is InChI=1S/C15H24N8O3/c1-15(26)4-8(24)5-22(10(25)2-3-16)6-9(15)23-7-19-11-12(17)20-14(18)21-13(11)23/h7-9,24,26H,2-6,16H2,1H3,(H4,17,18,20,21)/t8-,9+,15+/m1/s1. The van der Waals surface area contributed by atoms with Crippen LogP contribution in [0.15, 0.2) is 6.33 Å². The molecule has 2 aromatic rings. The Kier molecular flexibility index (Phi) is 4.69. The number of carbonyl (C=O) groups excluding carboxylic acids is 1. The molecule has 0 bridgehead atoms. The molecular weight excluding hydrogens is 340 g/mol. The van der Waals surface area contributed by atoms with Crippen molar-refractivity contribution in [1.82, 2.24) is 24.4 Å². The molecule has 0 aliphatic carbocycles. The van der Waals surface area contributed by atoms with E-state index in [1.165, 1.54) is 11.2 Å². The van der Waals surface area contributed by atoms with E-state index >= 15 is 0 Å². The summed E-state index contributed by atoms with van der Waals surface area (Å²) < 4.78 is 1.63. The van der Waals surface area contributed by atoms with Gasteiger partial charge in [-0.3, -0.25) is 4.79 Å². The summed E-state index contributed by atoms with van der Waals surface area (Å²) in [6.45, 7) is 2.11. The summed E-state index contributed by atoms with van der Waals surface area (Å²) in [5.74, 6) is -0.0657. The molecule has 3 atom stereocenters. The average Bonchev–Trinajstić information content (AvgIpc) is 2.89. The van der Waals surface area contributed by atoms with Crippen LogP contribution in [0.5, 0.6) is 0 Å². The number of carbonyl (C=O) groups is 1. The van der Waals surface area contributed by atoms with Crippen LogP contribution in [0.25, 0.3) is 11.2 Å². The summed E-state index contributed by atoms with van der Waals surface area (Å²) in [6.07, 6.45) is 0.863. The minimum atomic E-state index is -1.32. The zero-order valence-corrected chi connectivity index (χ0v) is 14.5. The van der Waals surface area contributed by atoms with E-state index in [-0.39, 0.29) is 50.1 Å². The molecule has 1 amide bonds. The van der Waals surface area contributed by atoms with Gasteiger partial charge in [-0.1, -0.05) is 0 Å². The van der Waals surface area contributed by atoms with Gasteiger partial charge in [0.15, 0.2) is 11.5 Å². The van der Waals surface area contributed by atoms with Crippen LogP contribution in [0.2, 0.25) is 0 Å². The Labute approximate surface area is 149 Å². The number of β-amino-alcohol motifs (C(OH)–C–C–N with tert-alkyl or cyclic N) is 1. The number of aliphatic hydroxyl groups excluding tert-OH is 1. The minimum absolute atomic E-state index is 0.0129. The fourth-order valence-corrected chi connectivity index (χ4v) is 3.47. The molecule has 8 N–H and O–H groups in total. The zero-order chi connectivity index (χ0) is 19.1. The minimum Gasteiger partial charge on any atom is -0.391 e. The largest absolute Gasteiger partial charge is 0.391 e. The smallest absolute Gasteiger partial charge is 0.224 e. The van der Waals surface area contributed by atoms with Crippen molar-refractivity contribution in [2.45, 2.75) is 37.5 Å². The van der Waals surface area contributed by atoms with Gasteiger partial charge < -0.3 is 36.9 Å². The number of anilines is 2. The van der Waals surface area contributed by atoms with Crippen molar-refractivity contribution in [3.63, 3.8) is 0 Å². The monoisotopic (exact) mass is 364 g/mol. The van der Waals surface area contributed by atoms with E-state index in [1.54, 1.807) is 11.5 Å². The molecule has 11 heteroatoms. The Balaban J connectivity index is 2.06. The van der Waals surface area contributed by atoms with Gasteiger partial charge in [-0.25, -0.2) is 4.98 Å². The molecule has 2 aromatic heterocycles. The highest BCUT2D eigenvalue weighted by atomic mass is 16.3. The predicted molar refractivity (Wildman–Crippen MR) is 94.7 cm³/mol. The number of amides is 1. The number of fused-ring (bicyclic) bond motifs is 1. The number of nitrogen functional groups attached to an aromatic ring is 2. The van der Waals surface area contributed by atoms with Crippen LogP contribution in [0.3, 0.4) is 0 Å². The summed E-state index contributed by atoms with van der Waals surface area (Å²) >= 11 is 0. The van der Waals surface area contributed by atoms with Crippen LogP contribution in [-0.4, -0.2) is 71.9 Å². The second-order valence-electron chi connectivity index (χ2n) is 6.86. The van der Waals surface area contributed by atoms with Crippen LogP contribution in [-0.2, 0) is 4.79 Å². The summed E-state index contributed by atoms with van der Waals surface area (Å²) in [4.78, 5) is 26.1. The van der Waals surface area contributed by atoms with Crippen molar-refractivity contribution in [2.24, 2.45) is 5.73 Å². The van der Waals surface area contributed by atoms with Gasteiger partial charge >= 0.3 is 0 Å². The van der Waals surface area contributed by atoms with Gasteiger partial charge in [-0.05, 0) is 6.92 Å². The topological polar surface area (TPSA) is 182 Å². The molecule has 0 radical (unpaired) electrons. The normalized spacial score (nSPS) is 26.8. The number of nitrogens with zero attached hydrogens (tertiary/aromatic N) is 5. The Morgan fingerprint density at radius 1 is 1.38 bits per heavy atom. The quantitative estimate of drug-likeness (QED) is 0.420. The van der Waals surface area contributed by atoms with Gasteiger partial charge in [-0.15, -0.1) is 0 Å². The lowest BCUT2D eigenvalue weighted by Crippen LogP contribution is -2.43. The summed E-state index contributed by atoms with van der Waals surface area (Å²) in [7, 11) is 0. The predicted octanol–water partition coefficient (Wildman–Crippen LogP) is -1.78. The second kappa shape index (κ2) is 6.67. The lowest BCUT2D eigenvalue weighted by molar-refractivity contribution is -0.132. The molecule has 0 aromatic carbocycles. The number of nitrogens with two attached hydrogens (primary N) is 3. The number of aliphatic hydroxyl groups is 2. The van der Waals surface area contributed by atoms with Crippen molar-refractivity contribution in [3.05, 3.63) is 6.33 Å². The third-order valence-electron chi connectivity index (χ3n) is 4.70. The molecule has 1 saturated heterocycles. The van der Waals surface area contributed by atoms with Crippen LogP contribution < -0.4 is 17.2 Å². The molecule has 3 rings (SSSR count). The zero-order valence-electron chi connectivity index (χ0n) is 14.5. The third-order valence-corrected chi connectivity index (χ3v) is 4.70. The van der Waals surface area contributed by atoms with Crippen molar-refractivity contribution in [3.8, 4) is 0 Å². The van der Waals surface area contributed by atoms with E-state index in [9.17, 15) is 15.0 Å². The molecule has 0 unspecified atom stereocenters. The maximum Gasteiger partial charge on any atom is 0.224 e. The number of aromatic nitrogens is 4. The van der Waals surface area contributed by atoms with Crippen molar-refractivity contribution < 1.29 is 15.0 Å². The SMILES string of the molecule is C[C@]1(O)C[C@@H](O)CN(C(=O)CCN)C[C@@H]1n1cnc2c(N)nc(N)nc21. The van der Waals surface area contributed by atoms with Gasteiger partial charge in [0.25, 0.3) is 0 Å². The van der Waals surface area contributed by atoms with Crippen LogP contribution in [0.4, 0.5) is 11.8 Å². The second-order valence-corrected chi connectivity index (χ2v) is 6.86. The van der Waals surface area contributed by atoms with E-state index in [4.69, 9.17) is 17.2 Å². The Bertz CT molecular complexity index is 821. The highest BCUT2D eigenvalue weighted by Gasteiger charge is 2.41. The first-order valence-corrected chi connectivity index (χ1v) is 8.36. The molecule has 1 aliphatic heterocycles. The lowest BCUT2D eigenvalue weighted by atomic mass is 9.91. The molecule has 26 heavy (non-hydrogen) atoms. The molecule has 0 saturated carbocycles. The van der Waals surface area contributed by atoms with E-state index < -0.39 is 17.7 Å². The first-order chi connectivity index (χ1) is 12.2. The van der Waals surface area contributed by atoms with Crippen LogP contribution >= 0.6 is 0 Å². The number of hydrogen-bond acceptors (Lipinski definition) is 9. The van der Waals surface area contributed by atoms with Gasteiger partial charge in [0.05, 0.1) is 24.1 Å². The number of imidazole rings is 1. The van der Waals surface area contributed by atoms with E-state index in [1.807, 2.05) is 0 Å². The molecule has 11 nitrogen and oxygen atoms in total. The molecule has 1 fully saturated rings. The van der Waals surface area contributed by atoms with Gasteiger partial charge in [0.2, 0.25) is 11.9 Å². The van der Waals surface area contributed by atoms with Gasteiger partial charge in [-0.2, -0.15) is 9.97 Å². The van der Waals surface area contributed by atoms with Gasteiger partial charge in [0, 0.05) is 32.5 Å². The van der Waals surface area contributed by atoms with Crippen LogP contribution in [0.1, 0.15) is 25.8 Å². The summed E-state index contributed by atoms with van der Waals surface area (Å²) in [6, 6.07) is -0.611. The van der Waals surface area contributed by atoms with E-state index in [0.29, 0.717) is 11.2 Å². The number of rotatable bonds is 3. The maximum absolute atomic E-state index is 12.4. The van der Waals surface area contributed by atoms with Crippen LogP contribution in [0, 0.1) is 0 Å². The van der Waals surface area contributed by atoms with Crippen molar-refractivity contribution in [1.29, 1.82) is 0 Å². The first-order valence-electron chi connectivity index (χ1n) is 8.36. The third kappa shape index (κ3) is 3.28. The highest BCUT2D eigenvalue weighted by Crippen LogP contribution is 2.34. The number of likely N-dealkylation sites (tertiary alicyclic amines) is 1. The Morgan fingerprint density at radius 2 is 2.12 bits per heavy atom. The summed E-state index contributed by atoms with van der Waals surface area (Å²) in [5, 5.41) is 21.3. The number of hydrogen-bond donors (Lipinski definition) is 5. The first kappa shape index (κ1) is 18.3. The maximum atomic E-state index is 12.4. The Hall–Kier alpha value is -2.50. The van der Waals surface area contributed by atoms with Crippen molar-refractivity contribution >= 4 is 28.8 Å².